The van der Waals surface area contributed by atoms with Crippen molar-refractivity contribution in [3.63, 3.8) is 0 Å². The minimum Gasteiger partial charge on any atom is -0.370 e. The van der Waals surface area contributed by atoms with Gasteiger partial charge in [-0.1, -0.05) is 6.07 Å². The summed E-state index contributed by atoms with van der Waals surface area (Å²) >= 11 is 0. The van der Waals surface area contributed by atoms with Crippen LogP contribution < -0.4 is 10.2 Å². The van der Waals surface area contributed by atoms with Crippen LogP contribution in [0.15, 0.2) is 36.5 Å². The molecule has 0 atom stereocenters. The molecule has 2 rings (SSSR count). The Morgan fingerprint density at radius 3 is 2.76 bits per heavy atom. The van der Waals surface area contributed by atoms with E-state index >= 15 is 0 Å². The number of nitrogens with one attached hydrogen (secondary N) is 1. The number of hydrogen-bond acceptors (Lipinski definition) is 6. The van der Waals surface area contributed by atoms with Crippen LogP contribution in [0.1, 0.15) is 12.6 Å². The van der Waals surface area contributed by atoms with Crippen LogP contribution in [0, 0.1) is 10.1 Å². The third-order valence-corrected chi connectivity index (χ3v) is 2.90. The first-order valence-electron chi connectivity index (χ1n) is 6.62. The van der Waals surface area contributed by atoms with Crippen molar-refractivity contribution in [1.82, 2.24) is 9.97 Å². The molecule has 0 radical (unpaired) electrons. The molecule has 1 N–H and O–H groups in total. The first-order valence-corrected chi connectivity index (χ1v) is 6.62. The molecule has 0 aromatic carbocycles. The van der Waals surface area contributed by atoms with Crippen molar-refractivity contribution < 1.29 is 4.92 Å². The van der Waals surface area contributed by atoms with E-state index < -0.39 is 4.92 Å². The van der Waals surface area contributed by atoms with Crippen LogP contribution in [-0.4, -0.2) is 28.5 Å². The average molecular weight is 287 g/mol. The largest absolute Gasteiger partial charge is 0.370 e. The molecular formula is C14H17N5O2. The molecule has 21 heavy (non-hydrogen) atoms. The lowest BCUT2D eigenvalue weighted by Crippen LogP contribution is -2.20. The summed E-state index contributed by atoms with van der Waals surface area (Å²) in [5.74, 6) is 0.940. The second-order valence-corrected chi connectivity index (χ2v) is 4.50. The molecule has 0 amide bonds. The maximum atomic E-state index is 11.2. The number of hydrogen-bond donors (Lipinski definition) is 1. The molecule has 0 aliphatic rings. The van der Waals surface area contributed by atoms with E-state index in [9.17, 15) is 10.1 Å². The Kier molecular flexibility index (Phi) is 4.65. The highest BCUT2D eigenvalue weighted by Gasteiger charge is 2.20. The Morgan fingerprint density at radius 2 is 2.14 bits per heavy atom. The van der Waals surface area contributed by atoms with Crippen LogP contribution in [0.4, 0.5) is 17.3 Å². The van der Waals surface area contributed by atoms with Crippen molar-refractivity contribution in [2.24, 2.45) is 0 Å². The van der Waals surface area contributed by atoms with Crippen molar-refractivity contribution >= 4 is 17.3 Å². The molecule has 0 saturated heterocycles. The highest BCUT2D eigenvalue weighted by Crippen LogP contribution is 2.27. The van der Waals surface area contributed by atoms with Crippen molar-refractivity contribution in [3.05, 3.63) is 52.3 Å². The summed E-state index contributed by atoms with van der Waals surface area (Å²) < 4.78 is 0. The van der Waals surface area contributed by atoms with E-state index in [1.54, 1.807) is 24.2 Å². The Hall–Kier alpha value is -2.70. The fourth-order valence-corrected chi connectivity index (χ4v) is 1.95. The quantitative estimate of drug-likeness (QED) is 0.649. The van der Waals surface area contributed by atoms with E-state index in [1.165, 1.54) is 6.07 Å². The lowest BCUT2D eigenvalue weighted by atomic mass is 10.3. The van der Waals surface area contributed by atoms with Crippen LogP contribution in [0.2, 0.25) is 0 Å². The lowest BCUT2D eigenvalue weighted by Gasteiger charge is -2.18. The molecule has 7 nitrogen and oxygen atoms in total. The van der Waals surface area contributed by atoms with E-state index in [2.05, 4.69) is 15.3 Å². The molecule has 0 unspecified atom stereocenters. The van der Waals surface area contributed by atoms with Gasteiger partial charge in [0.15, 0.2) is 0 Å². The normalized spacial score (nSPS) is 10.2. The van der Waals surface area contributed by atoms with Gasteiger partial charge in [-0.15, -0.1) is 0 Å². The summed E-state index contributed by atoms with van der Waals surface area (Å²) in [7, 11) is 1.76. The predicted molar refractivity (Wildman–Crippen MR) is 81.4 cm³/mol. The van der Waals surface area contributed by atoms with Gasteiger partial charge in [0.1, 0.15) is 5.82 Å². The fourth-order valence-electron chi connectivity index (χ4n) is 1.95. The number of nitrogens with zero attached hydrogens (tertiary/aromatic N) is 4. The van der Waals surface area contributed by atoms with Crippen LogP contribution >= 0.6 is 0 Å². The minimum absolute atomic E-state index is 0.0184. The van der Waals surface area contributed by atoms with Crippen LogP contribution in [-0.2, 0) is 6.54 Å². The Bertz CT molecular complexity index is 618. The molecule has 0 aliphatic heterocycles. The van der Waals surface area contributed by atoms with Crippen LogP contribution in [0.3, 0.4) is 0 Å². The van der Waals surface area contributed by atoms with Gasteiger partial charge in [-0.05, 0) is 25.1 Å². The molecule has 0 bridgehead atoms. The highest BCUT2D eigenvalue weighted by molar-refractivity contribution is 5.61. The molecule has 110 valence electrons. The molecule has 0 fully saturated rings. The standard InChI is InChI=1S/C14H17N5O2/c1-3-15-13-8-7-12(19(20)21)14(17-13)18(2)10-11-6-4-5-9-16-11/h4-9H,3,10H2,1-2H3,(H,15,17). The molecule has 2 aromatic rings. The average Bonchev–Trinajstić information content (AvgIpc) is 2.48. The fraction of sp³-hybridized carbons (Fsp3) is 0.286. The Morgan fingerprint density at radius 1 is 1.33 bits per heavy atom. The Labute approximate surface area is 122 Å². The molecule has 2 aromatic heterocycles. The topological polar surface area (TPSA) is 84.2 Å². The van der Waals surface area contributed by atoms with Crippen molar-refractivity contribution in [2.75, 3.05) is 23.8 Å². The van der Waals surface area contributed by atoms with Gasteiger partial charge in [0.05, 0.1) is 17.2 Å². The summed E-state index contributed by atoms with van der Waals surface area (Å²) in [5, 5.41) is 14.2. The van der Waals surface area contributed by atoms with Crippen LogP contribution in [0.5, 0.6) is 0 Å². The predicted octanol–water partition coefficient (Wildman–Crippen LogP) is 2.45. The minimum atomic E-state index is -0.424. The third kappa shape index (κ3) is 3.65. The van der Waals surface area contributed by atoms with Gasteiger partial charge in [0, 0.05) is 25.9 Å². The van der Waals surface area contributed by atoms with Gasteiger partial charge in [-0.3, -0.25) is 15.1 Å². The van der Waals surface area contributed by atoms with Gasteiger partial charge >= 0.3 is 5.69 Å². The SMILES string of the molecule is CCNc1ccc([N+](=O)[O-])c(N(C)Cc2ccccn2)n1. The summed E-state index contributed by atoms with van der Waals surface area (Å²) in [6.45, 7) is 3.10. The molecule has 0 aliphatic carbocycles. The smallest absolute Gasteiger partial charge is 0.311 e. The number of aromatic nitrogens is 2. The zero-order valence-electron chi connectivity index (χ0n) is 12.0. The molecule has 2 heterocycles. The summed E-state index contributed by atoms with van der Waals surface area (Å²) in [5.41, 5.74) is 0.806. The number of nitro groups is 1. The second-order valence-electron chi connectivity index (χ2n) is 4.50. The molecule has 7 heteroatoms. The third-order valence-electron chi connectivity index (χ3n) is 2.90. The van der Waals surface area contributed by atoms with E-state index in [0.29, 0.717) is 24.7 Å². The monoisotopic (exact) mass is 287 g/mol. The summed E-state index contributed by atoms with van der Waals surface area (Å²) in [6.07, 6.45) is 1.69. The van der Waals surface area contributed by atoms with Gasteiger partial charge in [0.2, 0.25) is 5.82 Å². The summed E-state index contributed by atoms with van der Waals surface area (Å²) in [6, 6.07) is 8.66. The lowest BCUT2D eigenvalue weighted by molar-refractivity contribution is -0.384. The first-order chi connectivity index (χ1) is 10.1. The van der Waals surface area contributed by atoms with E-state index in [-0.39, 0.29) is 5.69 Å². The van der Waals surface area contributed by atoms with Gasteiger partial charge in [0.25, 0.3) is 0 Å². The number of anilines is 2. The Balaban J connectivity index is 2.30. The molecule has 0 spiro atoms. The highest BCUT2D eigenvalue weighted by atomic mass is 16.6. The number of pyridine rings is 2. The molecular weight excluding hydrogens is 270 g/mol. The maximum absolute atomic E-state index is 11.2. The van der Waals surface area contributed by atoms with Gasteiger partial charge in [-0.2, -0.15) is 0 Å². The van der Waals surface area contributed by atoms with E-state index in [1.807, 2.05) is 25.1 Å². The van der Waals surface area contributed by atoms with E-state index in [0.717, 1.165) is 5.69 Å². The van der Waals surface area contributed by atoms with Gasteiger partial charge in [-0.25, -0.2) is 4.98 Å². The zero-order valence-corrected chi connectivity index (χ0v) is 12.0. The van der Waals surface area contributed by atoms with Crippen LogP contribution in [0.25, 0.3) is 0 Å². The van der Waals surface area contributed by atoms with Crippen molar-refractivity contribution in [1.29, 1.82) is 0 Å². The van der Waals surface area contributed by atoms with Gasteiger partial charge < -0.3 is 10.2 Å². The van der Waals surface area contributed by atoms with Crippen molar-refractivity contribution in [3.8, 4) is 0 Å². The van der Waals surface area contributed by atoms with Crippen molar-refractivity contribution in [2.45, 2.75) is 13.5 Å². The maximum Gasteiger partial charge on any atom is 0.311 e. The summed E-state index contributed by atoms with van der Waals surface area (Å²) in [4.78, 5) is 21.0. The zero-order chi connectivity index (χ0) is 15.2. The number of rotatable bonds is 6. The van der Waals surface area contributed by atoms with E-state index in [4.69, 9.17) is 0 Å². The first kappa shape index (κ1) is 14.7. The molecule has 0 saturated carbocycles. The second kappa shape index (κ2) is 6.65.